The molecule has 0 aromatic heterocycles. The minimum Gasteiger partial charge on any atom is -0.495 e. The van der Waals surface area contributed by atoms with E-state index in [2.05, 4.69) is 10.6 Å². The minimum absolute atomic E-state index is 0.0318. The van der Waals surface area contributed by atoms with Crippen LogP contribution in [0.5, 0.6) is 5.75 Å². The summed E-state index contributed by atoms with van der Waals surface area (Å²) >= 11 is 6.07. The third-order valence-electron chi connectivity index (χ3n) is 4.71. The molecule has 2 N–H and O–H groups in total. The van der Waals surface area contributed by atoms with Crippen LogP contribution in [0.25, 0.3) is 0 Å². The summed E-state index contributed by atoms with van der Waals surface area (Å²) in [6.07, 6.45) is 2.74. The zero-order chi connectivity index (χ0) is 20.9. The summed E-state index contributed by atoms with van der Waals surface area (Å²) in [5.74, 6) is 0.0319. The van der Waals surface area contributed by atoms with Gasteiger partial charge in [-0.15, -0.1) is 0 Å². The van der Waals surface area contributed by atoms with E-state index in [1.54, 1.807) is 24.3 Å². The number of hydrogen-bond donors (Lipinski definition) is 2. The van der Waals surface area contributed by atoms with Crippen molar-refractivity contribution in [1.82, 2.24) is 4.31 Å². The van der Waals surface area contributed by atoms with E-state index in [-0.39, 0.29) is 17.3 Å². The number of sulfonamides is 1. The van der Waals surface area contributed by atoms with Crippen LogP contribution in [0.3, 0.4) is 0 Å². The van der Waals surface area contributed by atoms with E-state index in [4.69, 9.17) is 16.3 Å². The summed E-state index contributed by atoms with van der Waals surface area (Å²) in [5.41, 5.74) is 0.939. The first-order valence-corrected chi connectivity index (χ1v) is 11.2. The Kier molecular flexibility index (Phi) is 7.00. The fourth-order valence-corrected chi connectivity index (χ4v) is 4.92. The molecule has 1 amide bonds. The number of carbonyl (C=O) groups excluding carboxylic acids is 1. The molecule has 3 rings (SSSR count). The van der Waals surface area contributed by atoms with Gasteiger partial charge >= 0.3 is 0 Å². The number of amides is 1. The molecule has 1 fully saturated rings. The summed E-state index contributed by atoms with van der Waals surface area (Å²) in [5, 5.41) is 6.18. The van der Waals surface area contributed by atoms with E-state index >= 15 is 0 Å². The molecule has 1 aliphatic heterocycles. The largest absolute Gasteiger partial charge is 0.495 e. The van der Waals surface area contributed by atoms with E-state index in [0.29, 0.717) is 35.2 Å². The van der Waals surface area contributed by atoms with Crippen molar-refractivity contribution in [3.63, 3.8) is 0 Å². The van der Waals surface area contributed by atoms with Gasteiger partial charge in [-0.25, -0.2) is 8.42 Å². The molecule has 29 heavy (non-hydrogen) atoms. The van der Waals surface area contributed by atoms with Gasteiger partial charge in [-0.3, -0.25) is 4.79 Å². The van der Waals surface area contributed by atoms with Crippen molar-refractivity contribution in [2.24, 2.45) is 0 Å². The predicted octanol–water partition coefficient (Wildman–Crippen LogP) is 3.57. The number of halogens is 1. The molecule has 0 radical (unpaired) electrons. The van der Waals surface area contributed by atoms with Crippen LogP contribution in [0.2, 0.25) is 5.02 Å². The monoisotopic (exact) mass is 437 g/mol. The number of piperidine rings is 1. The van der Waals surface area contributed by atoms with Crippen LogP contribution in [0.15, 0.2) is 47.4 Å². The van der Waals surface area contributed by atoms with Gasteiger partial charge in [0, 0.05) is 13.1 Å². The number of methoxy groups -OCH3 is 1. The van der Waals surface area contributed by atoms with Gasteiger partial charge in [-0.1, -0.05) is 30.2 Å². The van der Waals surface area contributed by atoms with Gasteiger partial charge in [0.1, 0.15) is 5.75 Å². The van der Waals surface area contributed by atoms with Crippen LogP contribution in [0.4, 0.5) is 11.4 Å². The molecule has 1 heterocycles. The number of benzene rings is 2. The number of anilines is 2. The highest BCUT2D eigenvalue weighted by atomic mass is 35.5. The highest BCUT2D eigenvalue weighted by Gasteiger charge is 2.27. The van der Waals surface area contributed by atoms with Gasteiger partial charge in [-0.05, 0) is 43.2 Å². The van der Waals surface area contributed by atoms with Crippen LogP contribution in [-0.4, -0.2) is 45.4 Å². The van der Waals surface area contributed by atoms with Crippen molar-refractivity contribution in [3.8, 4) is 5.75 Å². The quantitative estimate of drug-likeness (QED) is 0.691. The average Bonchev–Trinajstić information content (AvgIpc) is 2.73. The second kappa shape index (κ2) is 9.47. The van der Waals surface area contributed by atoms with Gasteiger partial charge in [0.25, 0.3) is 0 Å². The summed E-state index contributed by atoms with van der Waals surface area (Å²) < 4.78 is 32.6. The SMILES string of the molecule is COc1ccc(S(=O)(=O)N2CCCCC2)cc1NC(=O)CNc1ccccc1Cl. The maximum atomic E-state index is 12.9. The van der Waals surface area contributed by atoms with Gasteiger partial charge in [0.05, 0.1) is 34.9 Å². The molecule has 2 aromatic rings. The molecule has 2 aromatic carbocycles. The van der Waals surface area contributed by atoms with Crippen molar-refractivity contribution in [2.75, 3.05) is 37.4 Å². The van der Waals surface area contributed by atoms with E-state index in [0.717, 1.165) is 19.3 Å². The number of carbonyl (C=O) groups is 1. The third-order valence-corrected chi connectivity index (χ3v) is 6.94. The van der Waals surface area contributed by atoms with Crippen LogP contribution in [-0.2, 0) is 14.8 Å². The smallest absolute Gasteiger partial charge is 0.243 e. The van der Waals surface area contributed by atoms with Gasteiger partial charge in [0.2, 0.25) is 15.9 Å². The van der Waals surface area contributed by atoms with Crippen LogP contribution < -0.4 is 15.4 Å². The second-order valence-electron chi connectivity index (χ2n) is 6.71. The standard InChI is InChI=1S/C20H24ClN3O4S/c1-28-19-10-9-15(29(26,27)24-11-5-2-6-12-24)13-18(19)23-20(25)14-22-17-8-4-3-7-16(17)21/h3-4,7-10,13,22H,2,5-6,11-12,14H2,1H3,(H,23,25). The van der Waals surface area contributed by atoms with E-state index < -0.39 is 10.0 Å². The van der Waals surface area contributed by atoms with Crippen molar-refractivity contribution >= 4 is 38.9 Å². The second-order valence-corrected chi connectivity index (χ2v) is 9.05. The predicted molar refractivity (Wildman–Crippen MR) is 114 cm³/mol. The zero-order valence-corrected chi connectivity index (χ0v) is 17.7. The Morgan fingerprint density at radius 1 is 1.10 bits per heavy atom. The maximum absolute atomic E-state index is 12.9. The Labute approximate surface area is 176 Å². The van der Waals surface area contributed by atoms with E-state index in [9.17, 15) is 13.2 Å². The van der Waals surface area contributed by atoms with Gasteiger partial charge in [0.15, 0.2) is 0 Å². The molecule has 0 bridgehead atoms. The number of hydrogen-bond acceptors (Lipinski definition) is 5. The molecule has 0 spiro atoms. The molecule has 7 nitrogen and oxygen atoms in total. The van der Waals surface area contributed by atoms with Gasteiger partial charge < -0.3 is 15.4 Å². The lowest BCUT2D eigenvalue weighted by molar-refractivity contribution is -0.114. The maximum Gasteiger partial charge on any atom is 0.243 e. The topological polar surface area (TPSA) is 87.7 Å². The number of nitrogens with zero attached hydrogens (tertiary/aromatic N) is 1. The molecular formula is C20H24ClN3O4S. The third kappa shape index (κ3) is 5.20. The molecule has 0 aliphatic carbocycles. The normalized spacial score (nSPS) is 15.0. The van der Waals surface area contributed by atoms with Crippen molar-refractivity contribution < 1.29 is 17.9 Å². The Morgan fingerprint density at radius 2 is 1.83 bits per heavy atom. The van der Waals surface area contributed by atoms with Crippen molar-refractivity contribution in [2.45, 2.75) is 24.2 Å². The highest BCUT2D eigenvalue weighted by molar-refractivity contribution is 7.89. The first-order chi connectivity index (χ1) is 13.9. The van der Waals surface area contributed by atoms with Crippen LogP contribution in [0, 0.1) is 0 Å². The van der Waals surface area contributed by atoms with E-state index in [1.165, 1.54) is 23.5 Å². The highest BCUT2D eigenvalue weighted by Crippen LogP contribution is 2.30. The number of rotatable bonds is 7. The van der Waals surface area contributed by atoms with Crippen molar-refractivity contribution in [3.05, 3.63) is 47.5 Å². The minimum atomic E-state index is -3.61. The van der Waals surface area contributed by atoms with Gasteiger partial charge in [-0.2, -0.15) is 4.31 Å². The summed E-state index contributed by atoms with van der Waals surface area (Å²) in [6, 6.07) is 11.6. The fraction of sp³-hybridized carbons (Fsp3) is 0.350. The number of nitrogens with one attached hydrogen (secondary N) is 2. The molecule has 0 atom stereocenters. The summed E-state index contributed by atoms with van der Waals surface area (Å²) in [6.45, 7) is 0.992. The summed E-state index contributed by atoms with van der Waals surface area (Å²) in [7, 11) is -2.15. The first kappa shape index (κ1) is 21.4. The molecule has 0 saturated carbocycles. The molecule has 1 saturated heterocycles. The Hall–Kier alpha value is -2.29. The Balaban J connectivity index is 1.75. The first-order valence-electron chi connectivity index (χ1n) is 9.38. The Bertz CT molecular complexity index is 975. The van der Waals surface area contributed by atoms with Crippen LogP contribution >= 0.6 is 11.6 Å². The molecule has 0 unspecified atom stereocenters. The van der Waals surface area contributed by atoms with Crippen LogP contribution in [0.1, 0.15) is 19.3 Å². The molecule has 9 heteroatoms. The zero-order valence-electron chi connectivity index (χ0n) is 16.2. The van der Waals surface area contributed by atoms with Crippen molar-refractivity contribution in [1.29, 1.82) is 0 Å². The fourth-order valence-electron chi connectivity index (χ4n) is 3.17. The molecule has 156 valence electrons. The molecular weight excluding hydrogens is 414 g/mol. The lowest BCUT2D eigenvalue weighted by Crippen LogP contribution is -2.35. The number of ether oxygens (including phenoxy) is 1. The lowest BCUT2D eigenvalue weighted by Gasteiger charge is -2.26. The Morgan fingerprint density at radius 3 is 2.52 bits per heavy atom. The molecule has 1 aliphatic rings. The lowest BCUT2D eigenvalue weighted by atomic mass is 10.2. The number of para-hydroxylation sites is 1. The average molecular weight is 438 g/mol. The summed E-state index contributed by atoms with van der Waals surface area (Å²) in [4.78, 5) is 12.5. The van der Waals surface area contributed by atoms with E-state index in [1.807, 2.05) is 6.07 Å².